The Morgan fingerprint density at radius 3 is 2.54 bits per heavy atom. The predicted octanol–water partition coefficient (Wildman–Crippen LogP) is 0.644. The zero-order valence-corrected chi connectivity index (χ0v) is 25.5. The number of hydrogen-bond acceptors (Lipinski definition) is 14. The maximum absolute atomic E-state index is 12.9. The summed E-state index contributed by atoms with van der Waals surface area (Å²) in [6, 6.07) is 4.02. The molecule has 9 N–H and O–H groups in total. The smallest absolute Gasteiger partial charge is 0.190 e. The largest absolute Gasteiger partial charge is 0.507 e. The Bertz CT molecular complexity index is 1670. The third-order valence-corrected chi connectivity index (χ3v) is 9.74. The first-order valence-electron chi connectivity index (χ1n) is 15.3. The van der Waals surface area contributed by atoms with E-state index in [0.717, 1.165) is 0 Å². The number of carbonyl (C=O) groups excluding carboxylic acids is 1. The van der Waals surface area contributed by atoms with E-state index in [1.54, 1.807) is 19.1 Å². The van der Waals surface area contributed by atoms with Gasteiger partial charge in [-0.2, -0.15) is 0 Å². The Kier molecular flexibility index (Phi) is 8.67. The predicted molar refractivity (Wildman–Crippen MR) is 163 cm³/mol. The topological polar surface area (TPSA) is 225 Å². The molecule has 0 aromatic heterocycles. The Hall–Kier alpha value is -3.47. The number of rotatable bonds is 7. The summed E-state index contributed by atoms with van der Waals surface area (Å²) in [4.78, 5) is 14.9. The van der Waals surface area contributed by atoms with Crippen LogP contribution >= 0.6 is 0 Å². The summed E-state index contributed by atoms with van der Waals surface area (Å²) < 4.78 is 23.4. The van der Waals surface area contributed by atoms with Gasteiger partial charge in [0.2, 0.25) is 0 Å². The summed E-state index contributed by atoms with van der Waals surface area (Å²) in [6.45, 7) is 2.33. The van der Waals surface area contributed by atoms with Gasteiger partial charge in [0, 0.05) is 60.9 Å². The van der Waals surface area contributed by atoms with Crippen molar-refractivity contribution in [3.63, 3.8) is 0 Å². The summed E-state index contributed by atoms with van der Waals surface area (Å²) in [5.74, 6) is -2.84. The lowest BCUT2D eigenvalue weighted by molar-refractivity contribution is -0.263. The lowest BCUT2D eigenvalue weighted by Crippen LogP contribution is -2.62. The molecule has 250 valence electrons. The zero-order chi connectivity index (χ0) is 33.1. The summed E-state index contributed by atoms with van der Waals surface area (Å²) in [6.07, 6.45) is -4.75. The Morgan fingerprint density at radius 2 is 1.85 bits per heavy atom. The highest BCUT2D eigenvalue weighted by molar-refractivity contribution is 6.17. The third-order valence-electron chi connectivity index (χ3n) is 9.74. The van der Waals surface area contributed by atoms with E-state index < -0.39 is 84.5 Å². The van der Waals surface area contributed by atoms with Gasteiger partial charge in [0.05, 0.1) is 54.8 Å². The molecule has 0 amide bonds. The number of nitrogens with zero attached hydrogens (tertiary/aromatic N) is 1. The van der Waals surface area contributed by atoms with E-state index in [1.165, 1.54) is 13.2 Å². The molecule has 3 aliphatic rings. The van der Waals surface area contributed by atoms with E-state index >= 15 is 0 Å². The van der Waals surface area contributed by atoms with Gasteiger partial charge in [-0.05, 0) is 13.0 Å². The number of Topliss-reactive ketones (excluding diaryl/α,β-unsaturated/α-hetero) is 1. The number of phenols is 4. The molecular formula is C32H40N2O12. The highest BCUT2D eigenvalue weighted by Crippen LogP contribution is 2.57. The highest BCUT2D eigenvalue weighted by Gasteiger charge is 2.49. The molecule has 0 bridgehead atoms. The van der Waals surface area contributed by atoms with Crippen molar-refractivity contribution in [2.24, 2.45) is 5.73 Å². The second-order valence-corrected chi connectivity index (χ2v) is 12.3. The highest BCUT2D eigenvalue weighted by atomic mass is 16.7. The average molecular weight is 645 g/mol. The number of aliphatic hydroxyl groups is 3. The van der Waals surface area contributed by atoms with Crippen molar-refractivity contribution in [1.29, 1.82) is 0 Å². The van der Waals surface area contributed by atoms with Crippen LogP contribution in [-0.2, 0) is 25.4 Å². The van der Waals surface area contributed by atoms with Gasteiger partial charge >= 0.3 is 0 Å². The first kappa shape index (κ1) is 32.5. The molecule has 2 saturated heterocycles. The molecule has 1 aliphatic carbocycles. The molecule has 3 aromatic carbocycles. The Balaban J connectivity index is 1.49. The van der Waals surface area contributed by atoms with Crippen LogP contribution in [0.5, 0.6) is 28.7 Å². The first-order chi connectivity index (χ1) is 21.9. The van der Waals surface area contributed by atoms with Crippen LogP contribution in [0.25, 0.3) is 21.5 Å². The molecule has 2 heterocycles. The number of hydrogen-bond donors (Lipinski definition) is 8. The quantitative estimate of drug-likeness (QED) is 0.131. The van der Waals surface area contributed by atoms with Crippen LogP contribution in [0.2, 0.25) is 0 Å². The number of ketones is 1. The number of aliphatic hydroxyl groups excluding tert-OH is 2. The molecule has 6 rings (SSSR count). The van der Waals surface area contributed by atoms with Gasteiger partial charge in [-0.25, -0.2) is 0 Å². The molecule has 0 spiro atoms. The minimum Gasteiger partial charge on any atom is -0.507 e. The van der Waals surface area contributed by atoms with Crippen molar-refractivity contribution in [2.45, 2.75) is 68.5 Å². The SMILES string of the molecule is COc1cccc2c(O)c3c(O)c4c(c(O)c3c(O)c12)[C@@H](O[C@H]1C[C@H](N2CCOC[C@@H]2CN)[C@H](O)[C@H](C)O1)C[C@](O)(C(=O)CO)C4. The molecular weight excluding hydrogens is 604 g/mol. The van der Waals surface area contributed by atoms with E-state index in [0.29, 0.717) is 26.3 Å². The Labute approximate surface area is 264 Å². The number of morpholine rings is 1. The second-order valence-electron chi connectivity index (χ2n) is 12.3. The molecule has 14 nitrogen and oxygen atoms in total. The second kappa shape index (κ2) is 12.3. The standard InChI is InChI=1S/C32H40N2O12/c1-14-27(37)18(34-6-7-44-13-15(34)11-33)8-22(45-14)46-20-10-32(42,21(36)12-35)9-17-24(20)31(41)26-25(29(17)39)28(38)16-4-3-5-19(43-2)23(16)30(26)40/h3-5,14-15,18,20,22,27,35,37-42H,6-13,33H2,1-2H3/t14-,15-,18-,20-,22-,27+,32-/m0/s1. The number of aromatic hydroxyl groups is 4. The van der Waals surface area contributed by atoms with Gasteiger partial charge in [0.1, 0.15) is 41.0 Å². The number of benzene rings is 3. The summed E-state index contributed by atoms with van der Waals surface area (Å²) in [5, 5.41) is 78.2. The monoisotopic (exact) mass is 644 g/mol. The number of ether oxygens (including phenoxy) is 4. The van der Waals surface area contributed by atoms with E-state index in [9.17, 15) is 40.5 Å². The fraction of sp³-hybridized carbons (Fsp3) is 0.531. The number of nitrogens with two attached hydrogens (primary N) is 1. The van der Waals surface area contributed by atoms with Gasteiger partial charge in [-0.15, -0.1) is 0 Å². The van der Waals surface area contributed by atoms with Crippen molar-refractivity contribution in [1.82, 2.24) is 4.90 Å². The molecule has 0 unspecified atom stereocenters. The molecule has 0 saturated carbocycles. The normalized spacial score (nSPS) is 30.4. The van der Waals surface area contributed by atoms with Crippen molar-refractivity contribution >= 4 is 27.3 Å². The van der Waals surface area contributed by atoms with Gasteiger partial charge in [-0.3, -0.25) is 9.69 Å². The van der Waals surface area contributed by atoms with Crippen molar-refractivity contribution in [2.75, 3.05) is 40.0 Å². The van der Waals surface area contributed by atoms with E-state index in [4.69, 9.17) is 24.7 Å². The fourth-order valence-corrected chi connectivity index (χ4v) is 7.37. The minimum atomic E-state index is -2.23. The summed E-state index contributed by atoms with van der Waals surface area (Å²) in [5.41, 5.74) is 3.63. The fourth-order valence-electron chi connectivity index (χ4n) is 7.37. The Morgan fingerprint density at radius 1 is 1.11 bits per heavy atom. The maximum Gasteiger partial charge on any atom is 0.190 e. The zero-order valence-electron chi connectivity index (χ0n) is 25.5. The first-order valence-corrected chi connectivity index (χ1v) is 15.3. The van der Waals surface area contributed by atoms with Crippen LogP contribution in [0.3, 0.4) is 0 Å². The van der Waals surface area contributed by atoms with Crippen LogP contribution in [0, 0.1) is 0 Å². The summed E-state index contributed by atoms with van der Waals surface area (Å²) >= 11 is 0. The van der Waals surface area contributed by atoms with E-state index in [1.807, 2.05) is 0 Å². The van der Waals surface area contributed by atoms with Gasteiger partial charge in [-0.1, -0.05) is 12.1 Å². The van der Waals surface area contributed by atoms with Crippen LogP contribution in [0.1, 0.15) is 37.0 Å². The number of methoxy groups -OCH3 is 1. The average Bonchev–Trinajstić information content (AvgIpc) is 3.05. The van der Waals surface area contributed by atoms with Gasteiger partial charge in [0.15, 0.2) is 12.1 Å². The van der Waals surface area contributed by atoms with E-state index in [2.05, 4.69) is 4.90 Å². The van der Waals surface area contributed by atoms with Crippen LogP contribution in [0.4, 0.5) is 0 Å². The molecule has 46 heavy (non-hydrogen) atoms. The van der Waals surface area contributed by atoms with Crippen molar-refractivity contribution in [3.8, 4) is 28.7 Å². The number of fused-ring (bicyclic) bond motifs is 3. The molecule has 0 radical (unpaired) electrons. The molecule has 14 heteroatoms. The van der Waals surface area contributed by atoms with Crippen molar-refractivity contribution < 1.29 is 59.5 Å². The van der Waals surface area contributed by atoms with Crippen molar-refractivity contribution in [3.05, 3.63) is 29.3 Å². The van der Waals surface area contributed by atoms with Gasteiger partial charge < -0.3 is 60.4 Å². The molecule has 3 aromatic rings. The minimum absolute atomic E-state index is 0.0329. The molecule has 2 aliphatic heterocycles. The number of phenolic OH excluding ortho intramolecular Hbond substituents is 4. The maximum atomic E-state index is 12.9. The molecule has 2 fully saturated rings. The summed E-state index contributed by atoms with van der Waals surface area (Å²) in [7, 11) is 1.38. The third kappa shape index (κ3) is 5.09. The number of carbonyl (C=O) groups is 1. The van der Waals surface area contributed by atoms with Gasteiger partial charge in [0.25, 0.3) is 0 Å². The lowest BCUT2D eigenvalue weighted by Gasteiger charge is -2.48. The lowest BCUT2D eigenvalue weighted by atomic mass is 9.74. The van der Waals surface area contributed by atoms with E-state index in [-0.39, 0.29) is 50.9 Å². The molecule has 7 atom stereocenters. The van der Waals surface area contributed by atoms with Crippen LogP contribution < -0.4 is 10.5 Å². The van der Waals surface area contributed by atoms with Crippen LogP contribution in [-0.4, -0.2) is 123 Å². The van der Waals surface area contributed by atoms with Crippen LogP contribution in [0.15, 0.2) is 18.2 Å².